The van der Waals surface area contributed by atoms with E-state index in [0.717, 1.165) is 23.7 Å². The number of pyridine rings is 2. The van der Waals surface area contributed by atoms with Crippen molar-refractivity contribution in [2.24, 2.45) is 13.0 Å². The van der Waals surface area contributed by atoms with Gasteiger partial charge in [-0.15, -0.1) is 0 Å². The number of nitrogens with zero attached hydrogens (tertiary/aromatic N) is 2. The van der Waals surface area contributed by atoms with Crippen LogP contribution in [0.4, 0.5) is 0 Å². The summed E-state index contributed by atoms with van der Waals surface area (Å²) >= 11 is 6.00. The van der Waals surface area contributed by atoms with Crippen molar-refractivity contribution in [3.05, 3.63) is 50.3 Å². The number of halogens is 1. The first kappa shape index (κ1) is 18.7. The van der Waals surface area contributed by atoms with Crippen LogP contribution in [-0.2, 0) is 22.8 Å². The minimum Gasteiger partial charge on any atom is -0.492 e. The second-order valence-electron chi connectivity index (χ2n) is 6.66. The largest absolute Gasteiger partial charge is 0.492 e. The van der Waals surface area contributed by atoms with Crippen LogP contribution < -0.4 is 15.9 Å². The highest BCUT2D eigenvalue weighted by Gasteiger charge is 2.23. The number of hydrogen-bond donors (Lipinski definition) is 0. The molecule has 2 aromatic heterocycles. The zero-order valence-electron chi connectivity index (χ0n) is 14.4. The predicted molar refractivity (Wildman–Crippen MR) is 99.5 cm³/mol. The second-order valence-corrected chi connectivity index (χ2v) is 9.18. The van der Waals surface area contributed by atoms with Crippen LogP contribution in [-0.4, -0.2) is 30.4 Å². The number of aryl methyl sites for hydroxylation is 1. The molecule has 2 heterocycles. The fourth-order valence-electron chi connectivity index (χ4n) is 2.56. The lowest BCUT2D eigenvalue weighted by molar-refractivity contribution is 0.300. The molecule has 0 saturated heterocycles. The van der Waals surface area contributed by atoms with E-state index in [2.05, 4.69) is 0 Å². The number of rotatable bonds is 6. The molecule has 0 aliphatic heterocycles. The molecule has 1 aliphatic rings. The monoisotopic (exact) mass is 398 g/mol. The van der Waals surface area contributed by atoms with Crippen molar-refractivity contribution < 1.29 is 13.2 Å². The Labute approximate surface area is 155 Å². The van der Waals surface area contributed by atoms with Gasteiger partial charge in [0.05, 0.1) is 6.61 Å². The fourth-order valence-corrected chi connectivity index (χ4v) is 3.51. The summed E-state index contributed by atoms with van der Waals surface area (Å²) in [6, 6.07) is 2.76. The maximum Gasteiger partial charge on any atom is 0.269 e. The Morgan fingerprint density at radius 3 is 2.50 bits per heavy atom. The molecule has 0 amide bonds. The molecular formula is C17H19ClN2O5S. The fraction of sp³-hybridized carbons (Fsp3) is 0.412. The van der Waals surface area contributed by atoms with Crippen molar-refractivity contribution in [3.63, 3.8) is 0 Å². The molecule has 140 valence electrons. The van der Waals surface area contributed by atoms with Gasteiger partial charge in [-0.25, -0.2) is 8.42 Å². The quantitative estimate of drug-likeness (QED) is 0.738. The van der Waals surface area contributed by atoms with Crippen molar-refractivity contribution >= 4 is 21.4 Å². The van der Waals surface area contributed by atoms with Gasteiger partial charge in [0, 0.05) is 42.9 Å². The van der Waals surface area contributed by atoms with E-state index >= 15 is 0 Å². The average molecular weight is 399 g/mol. The summed E-state index contributed by atoms with van der Waals surface area (Å²) < 4.78 is 31.4. The first-order valence-electron chi connectivity index (χ1n) is 8.05. The summed E-state index contributed by atoms with van der Waals surface area (Å²) in [6.07, 6.45) is 6.24. The number of aromatic nitrogens is 2. The SMILES string of the molecule is Cn1cc(-c2cn(CS(C)(=O)=O)c(=O)cc2OCC2CC2)cc(Cl)c1=O. The molecule has 0 atom stereocenters. The van der Waals surface area contributed by atoms with E-state index < -0.39 is 21.3 Å². The number of ether oxygens (including phenoxy) is 1. The molecule has 9 heteroatoms. The number of hydrogen-bond acceptors (Lipinski definition) is 5. The summed E-state index contributed by atoms with van der Waals surface area (Å²) in [5, 5.41) is 0.0269. The Balaban J connectivity index is 2.13. The molecule has 2 aromatic rings. The third-order valence-electron chi connectivity index (χ3n) is 4.08. The van der Waals surface area contributed by atoms with E-state index in [4.69, 9.17) is 16.3 Å². The Hall–Kier alpha value is -2.06. The van der Waals surface area contributed by atoms with Gasteiger partial charge in [0.25, 0.3) is 11.1 Å². The number of sulfone groups is 1. The van der Waals surface area contributed by atoms with Crippen LogP contribution in [0.3, 0.4) is 0 Å². The van der Waals surface area contributed by atoms with E-state index in [0.29, 0.717) is 29.4 Å². The smallest absolute Gasteiger partial charge is 0.269 e. The first-order valence-corrected chi connectivity index (χ1v) is 10.5. The van der Waals surface area contributed by atoms with Gasteiger partial charge in [-0.3, -0.25) is 14.2 Å². The van der Waals surface area contributed by atoms with Gasteiger partial charge in [0.2, 0.25) is 0 Å². The van der Waals surface area contributed by atoms with Gasteiger partial charge in [0.15, 0.2) is 9.84 Å². The molecule has 0 radical (unpaired) electrons. The van der Waals surface area contributed by atoms with E-state index in [9.17, 15) is 18.0 Å². The minimum atomic E-state index is -3.41. The highest BCUT2D eigenvalue weighted by molar-refractivity contribution is 7.89. The molecule has 0 aromatic carbocycles. The zero-order valence-corrected chi connectivity index (χ0v) is 16.0. The third-order valence-corrected chi connectivity index (χ3v) is 5.10. The van der Waals surface area contributed by atoms with Crippen LogP contribution in [0.15, 0.2) is 34.1 Å². The Bertz CT molecular complexity index is 1040. The predicted octanol–water partition coefficient (Wildman–Crippen LogP) is 1.66. The molecular weight excluding hydrogens is 380 g/mol. The van der Waals surface area contributed by atoms with Crippen molar-refractivity contribution in [1.29, 1.82) is 0 Å². The molecule has 1 aliphatic carbocycles. The molecule has 0 unspecified atom stereocenters. The van der Waals surface area contributed by atoms with Crippen LogP contribution in [0, 0.1) is 5.92 Å². The van der Waals surface area contributed by atoms with Gasteiger partial charge in [-0.05, 0) is 24.8 Å². The topological polar surface area (TPSA) is 87.4 Å². The summed E-state index contributed by atoms with van der Waals surface area (Å²) in [5.41, 5.74) is 0.248. The van der Waals surface area contributed by atoms with Crippen molar-refractivity contribution in [2.75, 3.05) is 12.9 Å². The van der Waals surface area contributed by atoms with Crippen molar-refractivity contribution in [1.82, 2.24) is 9.13 Å². The standard InChI is InChI=1S/C17H19ClN2O5S/c1-19-7-12(5-14(18)17(19)22)13-8-20(10-26(2,23)24)16(21)6-15(13)25-9-11-3-4-11/h5-8,11H,3-4,9-10H2,1-2H3. The molecule has 7 nitrogen and oxygen atoms in total. The van der Waals surface area contributed by atoms with Crippen LogP contribution in [0.1, 0.15) is 12.8 Å². The highest BCUT2D eigenvalue weighted by Crippen LogP contribution is 2.33. The molecule has 0 N–H and O–H groups in total. The lowest BCUT2D eigenvalue weighted by atomic mass is 10.1. The Morgan fingerprint density at radius 1 is 1.23 bits per heavy atom. The molecule has 0 spiro atoms. The van der Waals surface area contributed by atoms with E-state index in [-0.39, 0.29) is 10.6 Å². The Kier molecular flexibility index (Phi) is 4.98. The van der Waals surface area contributed by atoms with E-state index in [1.54, 1.807) is 13.2 Å². The zero-order chi connectivity index (χ0) is 19.1. The van der Waals surface area contributed by atoms with Crippen LogP contribution in [0.25, 0.3) is 11.1 Å². The van der Waals surface area contributed by atoms with Crippen LogP contribution in [0.2, 0.25) is 5.02 Å². The summed E-state index contributed by atoms with van der Waals surface area (Å²) in [6.45, 7) is 0.488. The average Bonchev–Trinajstić information content (AvgIpc) is 3.35. The molecule has 1 fully saturated rings. The summed E-state index contributed by atoms with van der Waals surface area (Å²) in [7, 11) is -1.84. The third kappa shape index (κ3) is 4.37. The molecule has 3 rings (SSSR count). The van der Waals surface area contributed by atoms with Crippen LogP contribution >= 0.6 is 11.6 Å². The second kappa shape index (κ2) is 6.92. The molecule has 26 heavy (non-hydrogen) atoms. The maximum absolute atomic E-state index is 12.3. The molecule has 0 bridgehead atoms. The normalized spacial score (nSPS) is 14.4. The van der Waals surface area contributed by atoms with Gasteiger partial charge in [-0.2, -0.15) is 0 Å². The van der Waals surface area contributed by atoms with Crippen molar-refractivity contribution in [3.8, 4) is 16.9 Å². The van der Waals surface area contributed by atoms with Gasteiger partial charge < -0.3 is 9.30 Å². The maximum atomic E-state index is 12.3. The van der Waals surface area contributed by atoms with Gasteiger partial charge >= 0.3 is 0 Å². The van der Waals surface area contributed by atoms with Crippen LogP contribution in [0.5, 0.6) is 5.75 Å². The minimum absolute atomic E-state index is 0.0269. The molecule has 1 saturated carbocycles. The van der Waals surface area contributed by atoms with Gasteiger partial charge in [-0.1, -0.05) is 11.6 Å². The van der Waals surface area contributed by atoms with E-state index in [1.165, 1.54) is 22.9 Å². The summed E-state index contributed by atoms with van der Waals surface area (Å²) in [4.78, 5) is 24.1. The van der Waals surface area contributed by atoms with E-state index in [1.807, 2.05) is 0 Å². The lowest BCUT2D eigenvalue weighted by Gasteiger charge is -2.15. The highest BCUT2D eigenvalue weighted by atomic mass is 35.5. The lowest BCUT2D eigenvalue weighted by Crippen LogP contribution is -2.24. The first-order chi connectivity index (χ1) is 12.1. The van der Waals surface area contributed by atoms with Crippen molar-refractivity contribution in [2.45, 2.75) is 18.7 Å². The van der Waals surface area contributed by atoms with Gasteiger partial charge in [0.1, 0.15) is 16.6 Å². The Morgan fingerprint density at radius 2 is 1.92 bits per heavy atom. The summed E-state index contributed by atoms with van der Waals surface area (Å²) in [5.74, 6) is 0.382.